The van der Waals surface area contributed by atoms with Gasteiger partial charge in [0.1, 0.15) is 11.9 Å². The third kappa shape index (κ3) is 2.59. The molecule has 3 rings (SSSR count). The summed E-state index contributed by atoms with van der Waals surface area (Å²) < 4.78 is 5.37. The van der Waals surface area contributed by atoms with Crippen LogP contribution in [0, 0.1) is 5.41 Å². The van der Waals surface area contributed by atoms with E-state index in [2.05, 4.69) is 5.32 Å². The Hall–Kier alpha value is -2.33. The molecule has 0 aromatic heterocycles. The first-order valence-electron chi connectivity index (χ1n) is 7.63. The van der Waals surface area contributed by atoms with E-state index in [1.165, 1.54) is 0 Å². The van der Waals surface area contributed by atoms with Crippen LogP contribution in [-0.2, 0) is 4.79 Å². The fraction of sp³-hybridized carbons (Fsp3) is 0.316. The zero-order valence-corrected chi connectivity index (χ0v) is 13.8. The summed E-state index contributed by atoms with van der Waals surface area (Å²) in [5.74, 6) is 0.617. The van der Waals surface area contributed by atoms with Crippen molar-refractivity contribution in [3.63, 3.8) is 0 Å². The van der Waals surface area contributed by atoms with Crippen LogP contribution in [0.2, 0.25) is 0 Å². The number of hydrogen-bond donors (Lipinski definition) is 2. The van der Waals surface area contributed by atoms with Crippen LogP contribution in [0.25, 0.3) is 11.1 Å². The Balaban J connectivity index is 2.00. The van der Waals surface area contributed by atoms with E-state index in [9.17, 15) is 9.90 Å². The average molecular weight is 311 g/mol. The Bertz CT molecular complexity index is 775. The van der Waals surface area contributed by atoms with Gasteiger partial charge in [-0.05, 0) is 34.9 Å². The molecular formula is C19H21NO3. The molecule has 1 atom stereocenters. The minimum atomic E-state index is -0.748. The first kappa shape index (κ1) is 15.6. The average Bonchev–Trinajstić information content (AvgIpc) is 2.79. The number of carbonyl (C=O) groups excluding carboxylic acids is 1. The van der Waals surface area contributed by atoms with Gasteiger partial charge in [0.05, 0.1) is 7.11 Å². The number of amides is 1. The molecule has 0 bridgehead atoms. The van der Waals surface area contributed by atoms with Gasteiger partial charge < -0.3 is 15.2 Å². The van der Waals surface area contributed by atoms with Crippen molar-refractivity contribution >= 4 is 11.6 Å². The lowest BCUT2D eigenvalue weighted by Crippen LogP contribution is -2.27. The molecule has 0 saturated heterocycles. The molecule has 2 aromatic rings. The van der Waals surface area contributed by atoms with Crippen molar-refractivity contribution in [3.05, 3.63) is 47.5 Å². The van der Waals surface area contributed by atoms with E-state index in [1.54, 1.807) is 7.11 Å². The highest BCUT2D eigenvalue weighted by atomic mass is 16.5. The van der Waals surface area contributed by atoms with E-state index in [4.69, 9.17) is 4.74 Å². The van der Waals surface area contributed by atoms with Crippen molar-refractivity contribution in [2.75, 3.05) is 12.4 Å². The molecular weight excluding hydrogens is 290 g/mol. The number of hydrogen-bond acceptors (Lipinski definition) is 3. The zero-order chi connectivity index (χ0) is 16.8. The normalized spacial score (nSPS) is 15.8. The fourth-order valence-electron chi connectivity index (χ4n) is 2.83. The van der Waals surface area contributed by atoms with Crippen LogP contribution >= 0.6 is 0 Å². The lowest BCUT2D eigenvalue weighted by molar-refractivity contribution is -0.123. The number of aliphatic hydroxyl groups excluding tert-OH is 1. The molecule has 2 aromatic carbocycles. The van der Waals surface area contributed by atoms with E-state index >= 15 is 0 Å². The number of nitrogens with one attached hydrogen (secondary N) is 1. The van der Waals surface area contributed by atoms with Crippen LogP contribution in [0.1, 0.15) is 38.0 Å². The maximum absolute atomic E-state index is 12.1. The largest absolute Gasteiger partial charge is 0.496 e. The molecule has 0 saturated carbocycles. The van der Waals surface area contributed by atoms with Crippen LogP contribution in [0.3, 0.4) is 0 Å². The minimum Gasteiger partial charge on any atom is -0.496 e. The maximum atomic E-state index is 12.1. The molecule has 4 nitrogen and oxygen atoms in total. The van der Waals surface area contributed by atoms with Crippen molar-refractivity contribution in [2.24, 2.45) is 5.41 Å². The standard InChI is InChI=1S/C19H21NO3/c1-19(2,3)18(22)20-11-8-9-12-13-6-5-7-15(23-4)16(13)17(21)14(12)10-11/h5-10,17,21H,1-4H3,(H,20,22). The molecule has 1 aliphatic carbocycles. The highest BCUT2D eigenvalue weighted by Crippen LogP contribution is 2.48. The van der Waals surface area contributed by atoms with Crippen LogP contribution in [0.5, 0.6) is 5.75 Å². The third-order valence-electron chi connectivity index (χ3n) is 4.13. The predicted octanol–water partition coefficient (Wildman–Crippen LogP) is 3.74. The summed E-state index contributed by atoms with van der Waals surface area (Å²) in [5, 5.41) is 13.6. The van der Waals surface area contributed by atoms with E-state index in [-0.39, 0.29) is 5.91 Å². The first-order chi connectivity index (χ1) is 10.8. The summed E-state index contributed by atoms with van der Waals surface area (Å²) in [6, 6.07) is 11.4. The molecule has 1 amide bonds. The second-order valence-corrected chi connectivity index (χ2v) is 6.83. The summed E-state index contributed by atoms with van der Waals surface area (Å²) in [6.45, 7) is 5.60. The molecule has 0 heterocycles. The highest BCUT2D eigenvalue weighted by molar-refractivity contribution is 5.95. The second-order valence-electron chi connectivity index (χ2n) is 6.83. The Morgan fingerprint density at radius 1 is 1.17 bits per heavy atom. The van der Waals surface area contributed by atoms with Crippen LogP contribution < -0.4 is 10.1 Å². The zero-order valence-electron chi connectivity index (χ0n) is 13.8. The smallest absolute Gasteiger partial charge is 0.229 e. The van der Waals surface area contributed by atoms with Crippen LogP contribution in [0.15, 0.2) is 36.4 Å². The second kappa shape index (κ2) is 5.39. The molecule has 1 unspecified atom stereocenters. The molecule has 4 heteroatoms. The van der Waals surface area contributed by atoms with Gasteiger partial charge in [-0.15, -0.1) is 0 Å². The van der Waals surface area contributed by atoms with E-state index in [0.29, 0.717) is 11.4 Å². The molecule has 0 fully saturated rings. The lowest BCUT2D eigenvalue weighted by Gasteiger charge is -2.18. The summed E-state index contributed by atoms with van der Waals surface area (Å²) >= 11 is 0. The predicted molar refractivity (Wildman–Crippen MR) is 90.6 cm³/mol. The number of ether oxygens (including phenoxy) is 1. The van der Waals surface area contributed by atoms with Gasteiger partial charge >= 0.3 is 0 Å². The number of anilines is 1. The molecule has 0 radical (unpaired) electrons. The minimum absolute atomic E-state index is 0.0555. The highest BCUT2D eigenvalue weighted by Gasteiger charge is 2.30. The van der Waals surface area contributed by atoms with E-state index < -0.39 is 11.5 Å². The molecule has 23 heavy (non-hydrogen) atoms. The van der Waals surface area contributed by atoms with Crippen molar-refractivity contribution in [1.29, 1.82) is 0 Å². The van der Waals surface area contributed by atoms with Crippen molar-refractivity contribution in [3.8, 4) is 16.9 Å². The molecule has 0 spiro atoms. The number of rotatable bonds is 2. The van der Waals surface area contributed by atoms with Crippen molar-refractivity contribution in [1.82, 2.24) is 0 Å². The van der Waals surface area contributed by atoms with Gasteiger partial charge in [-0.3, -0.25) is 4.79 Å². The summed E-state index contributed by atoms with van der Waals surface area (Å²) in [5.41, 5.74) is 3.74. The van der Waals surface area contributed by atoms with Crippen LogP contribution in [0.4, 0.5) is 5.69 Å². The van der Waals surface area contributed by atoms with Gasteiger partial charge in [-0.2, -0.15) is 0 Å². The number of carbonyl (C=O) groups is 1. The molecule has 2 N–H and O–H groups in total. The monoisotopic (exact) mass is 311 g/mol. The number of aliphatic hydroxyl groups is 1. The van der Waals surface area contributed by atoms with Gasteiger partial charge in [0.15, 0.2) is 0 Å². The Labute approximate surface area is 136 Å². The van der Waals surface area contributed by atoms with Gasteiger partial charge in [0.2, 0.25) is 5.91 Å². The van der Waals surface area contributed by atoms with Crippen LogP contribution in [-0.4, -0.2) is 18.1 Å². The Kier molecular flexibility index (Phi) is 3.65. The Morgan fingerprint density at radius 2 is 1.91 bits per heavy atom. The van der Waals surface area contributed by atoms with Gasteiger partial charge in [-0.1, -0.05) is 39.0 Å². The topological polar surface area (TPSA) is 58.6 Å². The summed E-state index contributed by atoms with van der Waals surface area (Å²) in [4.78, 5) is 12.1. The van der Waals surface area contributed by atoms with Gasteiger partial charge in [0, 0.05) is 16.7 Å². The third-order valence-corrected chi connectivity index (χ3v) is 4.13. The van der Waals surface area contributed by atoms with E-state index in [0.717, 1.165) is 22.3 Å². The van der Waals surface area contributed by atoms with E-state index in [1.807, 2.05) is 57.2 Å². The van der Waals surface area contributed by atoms with Gasteiger partial charge in [0.25, 0.3) is 0 Å². The first-order valence-corrected chi connectivity index (χ1v) is 7.63. The number of methoxy groups -OCH3 is 1. The number of fused-ring (bicyclic) bond motifs is 3. The van der Waals surface area contributed by atoms with Gasteiger partial charge in [-0.25, -0.2) is 0 Å². The Morgan fingerprint density at radius 3 is 2.57 bits per heavy atom. The summed E-state index contributed by atoms with van der Waals surface area (Å²) in [7, 11) is 1.60. The number of benzene rings is 2. The van der Waals surface area contributed by atoms with Crippen molar-refractivity contribution < 1.29 is 14.6 Å². The summed E-state index contributed by atoms with van der Waals surface area (Å²) in [6.07, 6.45) is -0.748. The lowest BCUT2D eigenvalue weighted by atomic mass is 9.95. The molecule has 120 valence electrons. The molecule has 0 aliphatic heterocycles. The SMILES string of the molecule is COc1cccc2c1C(O)c1cc(NC(=O)C(C)(C)C)ccc1-2. The van der Waals surface area contributed by atoms with Crippen molar-refractivity contribution in [2.45, 2.75) is 26.9 Å². The maximum Gasteiger partial charge on any atom is 0.229 e. The fourth-order valence-corrected chi connectivity index (χ4v) is 2.83. The quantitative estimate of drug-likeness (QED) is 0.888. The molecule has 1 aliphatic rings.